The van der Waals surface area contributed by atoms with E-state index in [0.717, 1.165) is 18.8 Å². The van der Waals surface area contributed by atoms with Crippen molar-refractivity contribution in [2.45, 2.75) is 39.3 Å². The van der Waals surface area contributed by atoms with Gasteiger partial charge in [-0.3, -0.25) is 0 Å². The zero-order valence-electron chi connectivity index (χ0n) is 12.4. The van der Waals surface area contributed by atoms with E-state index in [0.29, 0.717) is 12.1 Å². The molecular weight excluding hydrogens is 266 g/mol. The van der Waals surface area contributed by atoms with E-state index in [1.165, 1.54) is 10.4 Å². The lowest BCUT2D eigenvalue weighted by molar-refractivity contribution is 0.317. The third-order valence-corrected chi connectivity index (χ3v) is 4.38. The van der Waals surface area contributed by atoms with Crippen LogP contribution in [-0.4, -0.2) is 6.61 Å². The van der Waals surface area contributed by atoms with Crippen molar-refractivity contribution in [2.24, 2.45) is 0 Å². The van der Waals surface area contributed by atoms with Crippen LogP contribution in [0.25, 0.3) is 0 Å². The molecule has 0 spiro atoms. The molecule has 0 aliphatic carbocycles. The van der Waals surface area contributed by atoms with Crippen LogP contribution in [0.4, 0.5) is 0 Å². The minimum absolute atomic E-state index is 0.326. The summed E-state index contributed by atoms with van der Waals surface area (Å²) in [5.41, 5.74) is 1.29. The predicted octanol–water partition coefficient (Wildman–Crippen LogP) is 4.95. The van der Waals surface area contributed by atoms with Crippen LogP contribution in [-0.2, 0) is 0 Å². The number of hydrogen-bond donors (Lipinski definition) is 1. The molecule has 2 atom stereocenters. The van der Waals surface area contributed by atoms with Gasteiger partial charge < -0.3 is 10.1 Å². The molecule has 2 nitrogen and oxygen atoms in total. The Morgan fingerprint density at radius 2 is 1.85 bits per heavy atom. The summed E-state index contributed by atoms with van der Waals surface area (Å²) < 4.78 is 5.61. The molecule has 3 heteroatoms. The van der Waals surface area contributed by atoms with Crippen molar-refractivity contribution >= 4 is 11.3 Å². The van der Waals surface area contributed by atoms with Crippen LogP contribution in [0.3, 0.4) is 0 Å². The van der Waals surface area contributed by atoms with Crippen molar-refractivity contribution in [3.63, 3.8) is 0 Å². The highest BCUT2D eigenvalue weighted by molar-refractivity contribution is 7.10. The summed E-state index contributed by atoms with van der Waals surface area (Å²) in [4.78, 5) is 1.37. The minimum atomic E-state index is 0.326. The van der Waals surface area contributed by atoms with Gasteiger partial charge in [0.2, 0.25) is 0 Å². The number of benzene rings is 1. The lowest BCUT2D eigenvalue weighted by Gasteiger charge is -2.19. The molecule has 0 amide bonds. The summed E-state index contributed by atoms with van der Waals surface area (Å²) in [5, 5.41) is 5.75. The lowest BCUT2D eigenvalue weighted by atomic mass is 10.1. The van der Waals surface area contributed by atoms with Crippen LogP contribution in [0, 0.1) is 0 Å². The van der Waals surface area contributed by atoms with Gasteiger partial charge in [0.25, 0.3) is 0 Å². The van der Waals surface area contributed by atoms with E-state index in [4.69, 9.17) is 4.74 Å². The van der Waals surface area contributed by atoms with Crippen LogP contribution in [0.15, 0.2) is 41.8 Å². The van der Waals surface area contributed by atoms with Crippen molar-refractivity contribution in [1.29, 1.82) is 0 Å². The summed E-state index contributed by atoms with van der Waals surface area (Å²) in [7, 11) is 0. The summed E-state index contributed by atoms with van der Waals surface area (Å²) in [6.45, 7) is 7.31. The maximum Gasteiger partial charge on any atom is 0.119 e. The molecule has 108 valence electrons. The van der Waals surface area contributed by atoms with E-state index < -0.39 is 0 Å². The van der Waals surface area contributed by atoms with Gasteiger partial charge in [0.15, 0.2) is 0 Å². The Morgan fingerprint density at radius 3 is 2.45 bits per heavy atom. The third-order valence-electron chi connectivity index (χ3n) is 3.32. The first kappa shape index (κ1) is 15.1. The van der Waals surface area contributed by atoms with Gasteiger partial charge in [0.05, 0.1) is 6.61 Å². The Bertz CT molecular complexity index is 492. The maximum atomic E-state index is 5.61. The Morgan fingerprint density at radius 1 is 1.10 bits per heavy atom. The van der Waals surface area contributed by atoms with Gasteiger partial charge in [0, 0.05) is 17.0 Å². The fourth-order valence-corrected chi connectivity index (χ4v) is 2.91. The Hall–Kier alpha value is -1.32. The number of nitrogens with one attached hydrogen (secondary N) is 1. The van der Waals surface area contributed by atoms with Gasteiger partial charge in [-0.25, -0.2) is 0 Å². The van der Waals surface area contributed by atoms with Crippen molar-refractivity contribution in [1.82, 2.24) is 5.32 Å². The third kappa shape index (κ3) is 4.09. The second kappa shape index (κ2) is 7.46. The van der Waals surface area contributed by atoms with Crippen LogP contribution >= 0.6 is 11.3 Å². The first-order valence-electron chi connectivity index (χ1n) is 7.23. The molecule has 0 aliphatic rings. The highest BCUT2D eigenvalue weighted by Gasteiger charge is 2.11. The second-order valence-corrected chi connectivity index (χ2v) is 6.02. The minimum Gasteiger partial charge on any atom is -0.494 e. The van der Waals surface area contributed by atoms with E-state index in [1.54, 1.807) is 11.3 Å². The molecule has 0 saturated heterocycles. The SMILES string of the molecule is CCCOc1ccc(C(C)N[C@H](C)c2cccs2)cc1. The molecule has 0 saturated carbocycles. The van der Waals surface area contributed by atoms with E-state index in [-0.39, 0.29) is 0 Å². The maximum absolute atomic E-state index is 5.61. The number of hydrogen-bond acceptors (Lipinski definition) is 3. The molecule has 2 rings (SSSR count). The molecular formula is C17H23NOS. The Labute approximate surface area is 125 Å². The summed E-state index contributed by atoms with van der Waals surface area (Å²) >= 11 is 1.80. The van der Waals surface area contributed by atoms with E-state index in [1.807, 2.05) is 0 Å². The van der Waals surface area contributed by atoms with Crippen molar-refractivity contribution in [3.05, 3.63) is 52.2 Å². The van der Waals surface area contributed by atoms with Gasteiger partial charge in [-0.1, -0.05) is 25.1 Å². The largest absolute Gasteiger partial charge is 0.494 e. The van der Waals surface area contributed by atoms with Crippen molar-refractivity contribution < 1.29 is 4.74 Å². The average molecular weight is 289 g/mol. The quantitative estimate of drug-likeness (QED) is 0.778. The molecule has 1 unspecified atom stereocenters. The molecule has 0 radical (unpaired) electrons. The summed E-state index contributed by atoms with van der Waals surface area (Å²) in [5.74, 6) is 0.953. The molecule has 1 N–H and O–H groups in total. The number of thiophene rings is 1. The standard InChI is InChI=1S/C17H23NOS/c1-4-11-19-16-9-7-15(8-10-16)13(2)18-14(3)17-6-5-12-20-17/h5-10,12-14,18H,4,11H2,1-3H3/t13?,14-/m1/s1. The van der Waals surface area contributed by atoms with Gasteiger partial charge in [-0.2, -0.15) is 0 Å². The van der Waals surface area contributed by atoms with Crippen LogP contribution in [0.5, 0.6) is 5.75 Å². The molecule has 2 aromatic rings. The van der Waals surface area contributed by atoms with E-state index in [2.05, 4.69) is 67.9 Å². The molecule has 0 aliphatic heterocycles. The van der Waals surface area contributed by atoms with E-state index in [9.17, 15) is 0 Å². The smallest absolute Gasteiger partial charge is 0.119 e. The topological polar surface area (TPSA) is 21.3 Å². The van der Waals surface area contributed by atoms with E-state index >= 15 is 0 Å². The molecule has 20 heavy (non-hydrogen) atoms. The molecule has 1 heterocycles. The molecule has 0 bridgehead atoms. The molecule has 0 fully saturated rings. The van der Waals surface area contributed by atoms with Crippen LogP contribution < -0.4 is 10.1 Å². The van der Waals surface area contributed by atoms with Crippen molar-refractivity contribution in [2.75, 3.05) is 6.61 Å². The monoisotopic (exact) mass is 289 g/mol. The zero-order chi connectivity index (χ0) is 14.4. The Kier molecular flexibility index (Phi) is 5.62. The number of ether oxygens (including phenoxy) is 1. The predicted molar refractivity (Wildman–Crippen MR) is 86.5 cm³/mol. The van der Waals surface area contributed by atoms with Gasteiger partial charge in [-0.15, -0.1) is 11.3 Å². The first-order valence-corrected chi connectivity index (χ1v) is 8.11. The average Bonchev–Trinajstić information content (AvgIpc) is 3.00. The van der Waals surface area contributed by atoms with Crippen molar-refractivity contribution in [3.8, 4) is 5.75 Å². The van der Waals surface area contributed by atoms with Crippen LogP contribution in [0.2, 0.25) is 0 Å². The number of rotatable bonds is 7. The molecule has 1 aromatic carbocycles. The lowest BCUT2D eigenvalue weighted by Crippen LogP contribution is -2.21. The first-order chi connectivity index (χ1) is 9.70. The Balaban J connectivity index is 1.93. The highest BCUT2D eigenvalue weighted by Crippen LogP contribution is 2.23. The van der Waals surface area contributed by atoms with Gasteiger partial charge in [0.1, 0.15) is 5.75 Å². The normalized spacial score (nSPS) is 13.9. The second-order valence-electron chi connectivity index (χ2n) is 5.04. The molecule has 1 aromatic heterocycles. The zero-order valence-corrected chi connectivity index (χ0v) is 13.2. The fourth-order valence-electron chi connectivity index (χ4n) is 2.16. The fraction of sp³-hybridized carbons (Fsp3) is 0.412. The van der Waals surface area contributed by atoms with Crippen LogP contribution in [0.1, 0.15) is 49.7 Å². The van der Waals surface area contributed by atoms with Gasteiger partial charge >= 0.3 is 0 Å². The highest BCUT2D eigenvalue weighted by atomic mass is 32.1. The van der Waals surface area contributed by atoms with Gasteiger partial charge in [-0.05, 0) is 49.4 Å². The summed E-state index contributed by atoms with van der Waals surface area (Å²) in [6, 6.07) is 13.4. The summed E-state index contributed by atoms with van der Waals surface area (Å²) in [6.07, 6.45) is 1.04.